The Hall–Kier alpha value is -1.45. The average Bonchev–Trinajstić information content (AvgIpc) is 2.40. The molecule has 1 heterocycles. The summed E-state index contributed by atoms with van der Waals surface area (Å²) in [7, 11) is 0. The van der Waals surface area contributed by atoms with Gasteiger partial charge in [0.1, 0.15) is 6.33 Å². The summed E-state index contributed by atoms with van der Waals surface area (Å²) in [5.41, 5.74) is 2.29. The van der Waals surface area contributed by atoms with E-state index in [1.807, 2.05) is 18.2 Å². The zero-order valence-corrected chi connectivity index (χ0v) is 11.1. The molecule has 1 unspecified atom stereocenters. The van der Waals surface area contributed by atoms with Gasteiger partial charge in [0.2, 0.25) is 0 Å². The minimum atomic E-state index is 0.390. The van der Waals surface area contributed by atoms with Crippen LogP contribution in [-0.4, -0.2) is 16.0 Å². The molecule has 3 nitrogen and oxygen atoms in total. The van der Waals surface area contributed by atoms with Gasteiger partial charge in [-0.3, -0.25) is 0 Å². The SMILES string of the molecule is CC(Cc1ccc(Cl)cc1)NCc1ccncn1. The van der Waals surface area contributed by atoms with Gasteiger partial charge in [0.05, 0.1) is 5.69 Å². The molecule has 1 N–H and O–H groups in total. The van der Waals surface area contributed by atoms with Gasteiger partial charge in [-0.1, -0.05) is 23.7 Å². The van der Waals surface area contributed by atoms with Crippen LogP contribution < -0.4 is 5.32 Å². The normalized spacial score (nSPS) is 12.3. The molecule has 0 aliphatic heterocycles. The Balaban J connectivity index is 1.82. The minimum absolute atomic E-state index is 0.390. The maximum Gasteiger partial charge on any atom is 0.115 e. The molecule has 2 rings (SSSR count). The number of nitrogens with one attached hydrogen (secondary N) is 1. The largest absolute Gasteiger partial charge is 0.308 e. The van der Waals surface area contributed by atoms with Crippen molar-refractivity contribution in [1.29, 1.82) is 0 Å². The highest BCUT2D eigenvalue weighted by Crippen LogP contribution is 2.11. The van der Waals surface area contributed by atoms with E-state index in [0.29, 0.717) is 6.04 Å². The van der Waals surface area contributed by atoms with Crippen molar-refractivity contribution in [3.8, 4) is 0 Å². The zero-order valence-electron chi connectivity index (χ0n) is 10.3. The number of hydrogen-bond donors (Lipinski definition) is 1. The lowest BCUT2D eigenvalue weighted by Crippen LogP contribution is -2.27. The summed E-state index contributed by atoms with van der Waals surface area (Å²) in [5, 5.41) is 4.22. The van der Waals surface area contributed by atoms with Crippen LogP contribution in [0.3, 0.4) is 0 Å². The second kappa shape index (κ2) is 6.47. The van der Waals surface area contributed by atoms with Gasteiger partial charge in [-0.05, 0) is 37.1 Å². The maximum absolute atomic E-state index is 5.86. The molecule has 2 aromatic rings. The lowest BCUT2D eigenvalue weighted by atomic mass is 10.1. The van der Waals surface area contributed by atoms with Crippen molar-refractivity contribution in [3.63, 3.8) is 0 Å². The van der Waals surface area contributed by atoms with Gasteiger partial charge in [-0.2, -0.15) is 0 Å². The van der Waals surface area contributed by atoms with E-state index >= 15 is 0 Å². The van der Waals surface area contributed by atoms with Crippen molar-refractivity contribution in [2.45, 2.75) is 25.9 Å². The molecule has 0 bridgehead atoms. The quantitative estimate of drug-likeness (QED) is 0.899. The van der Waals surface area contributed by atoms with Crippen molar-refractivity contribution in [2.75, 3.05) is 0 Å². The van der Waals surface area contributed by atoms with Crippen LogP contribution in [0, 0.1) is 0 Å². The van der Waals surface area contributed by atoms with Gasteiger partial charge >= 0.3 is 0 Å². The summed E-state index contributed by atoms with van der Waals surface area (Å²) >= 11 is 5.86. The maximum atomic E-state index is 5.86. The molecule has 0 saturated heterocycles. The van der Waals surface area contributed by atoms with Gasteiger partial charge in [0.15, 0.2) is 0 Å². The Morgan fingerprint density at radius 1 is 1.22 bits per heavy atom. The number of nitrogens with zero attached hydrogens (tertiary/aromatic N) is 2. The molecule has 1 atom stereocenters. The molecule has 1 aromatic carbocycles. The standard InChI is InChI=1S/C14H16ClN3/c1-11(8-12-2-4-13(15)5-3-12)17-9-14-6-7-16-10-18-14/h2-7,10-11,17H,8-9H2,1H3. The molecule has 0 aliphatic carbocycles. The predicted octanol–water partition coefficient (Wildman–Crippen LogP) is 2.85. The van der Waals surface area contributed by atoms with E-state index in [4.69, 9.17) is 11.6 Å². The van der Waals surface area contributed by atoms with E-state index in [9.17, 15) is 0 Å². The van der Waals surface area contributed by atoms with Gasteiger partial charge in [-0.15, -0.1) is 0 Å². The van der Waals surface area contributed by atoms with Gasteiger partial charge < -0.3 is 5.32 Å². The lowest BCUT2D eigenvalue weighted by Gasteiger charge is -2.13. The fourth-order valence-corrected chi connectivity index (χ4v) is 1.87. The molecule has 0 spiro atoms. The Morgan fingerprint density at radius 2 is 2.00 bits per heavy atom. The average molecular weight is 262 g/mol. The third-order valence-corrected chi connectivity index (χ3v) is 2.98. The first-order valence-corrected chi connectivity index (χ1v) is 6.34. The van der Waals surface area contributed by atoms with Gasteiger partial charge in [0.25, 0.3) is 0 Å². The number of hydrogen-bond acceptors (Lipinski definition) is 3. The number of aromatic nitrogens is 2. The van der Waals surface area contributed by atoms with Crippen LogP contribution in [-0.2, 0) is 13.0 Å². The third-order valence-electron chi connectivity index (χ3n) is 2.73. The summed E-state index contributed by atoms with van der Waals surface area (Å²) in [6.07, 6.45) is 4.30. The molecule has 94 valence electrons. The Kier molecular flexibility index (Phi) is 4.67. The summed E-state index contributed by atoms with van der Waals surface area (Å²) in [6, 6.07) is 10.3. The second-order valence-corrected chi connectivity index (χ2v) is 4.75. The monoisotopic (exact) mass is 261 g/mol. The van der Waals surface area contributed by atoms with Crippen LogP contribution in [0.1, 0.15) is 18.2 Å². The molecule has 18 heavy (non-hydrogen) atoms. The predicted molar refractivity (Wildman–Crippen MR) is 73.5 cm³/mol. The fraction of sp³-hybridized carbons (Fsp3) is 0.286. The Bertz CT molecular complexity index is 470. The van der Waals surface area contributed by atoms with E-state index in [2.05, 4.69) is 34.3 Å². The highest BCUT2D eigenvalue weighted by atomic mass is 35.5. The van der Waals surface area contributed by atoms with E-state index < -0.39 is 0 Å². The molecule has 0 aliphatic rings. The van der Waals surface area contributed by atoms with Crippen molar-refractivity contribution < 1.29 is 0 Å². The molecule has 1 aromatic heterocycles. The summed E-state index contributed by atoms with van der Waals surface area (Å²) in [5.74, 6) is 0. The van der Waals surface area contributed by atoms with Crippen molar-refractivity contribution in [1.82, 2.24) is 15.3 Å². The molecule has 4 heteroatoms. The first-order valence-electron chi connectivity index (χ1n) is 5.97. The second-order valence-electron chi connectivity index (χ2n) is 4.31. The molecule has 0 fully saturated rings. The smallest absolute Gasteiger partial charge is 0.115 e. The van der Waals surface area contributed by atoms with E-state index in [1.54, 1.807) is 12.5 Å². The van der Waals surface area contributed by atoms with Gasteiger partial charge in [0, 0.05) is 23.8 Å². The summed E-state index contributed by atoms with van der Waals surface area (Å²) < 4.78 is 0. The Morgan fingerprint density at radius 3 is 2.67 bits per heavy atom. The highest BCUT2D eigenvalue weighted by Gasteiger charge is 2.03. The molecule has 0 saturated carbocycles. The Labute approximate surface area is 112 Å². The van der Waals surface area contributed by atoms with Crippen LogP contribution in [0.25, 0.3) is 0 Å². The summed E-state index contributed by atoms with van der Waals surface area (Å²) in [4.78, 5) is 8.08. The first kappa shape index (κ1) is 13.0. The van der Waals surface area contributed by atoms with Gasteiger partial charge in [-0.25, -0.2) is 9.97 Å². The number of halogens is 1. The molecular formula is C14H16ClN3. The third kappa shape index (κ3) is 4.09. The van der Waals surface area contributed by atoms with Crippen LogP contribution in [0.2, 0.25) is 5.02 Å². The highest BCUT2D eigenvalue weighted by molar-refractivity contribution is 6.30. The number of rotatable bonds is 5. The van der Waals surface area contributed by atoms with Crippen LogP contribution in [0.5, 0.6) is 0 Å². The van der Waals surface area contributed by atoms with E-state index in [0.717, 1.165) is 23.7 Å². The van der Waals surface area contributed by atoms with Crippen molar-refractivity contribution >= 4 is 11.6 Å². The fourth-order valence-electron chi connectivity index (χ4n) is 1.75. The zero-order chi connectivity index (χ0) is 12.8. The molecular weight excluding hydrogens is 246 g/mol. The number of benzene rings is 1. The van der Waals surface area contributed by atoms with Crippen LogP contribution in [0.15, 0.2) is 42.9 Å². The molecule has 0 amide bonds. The van der Waals surface area contributed by atoms with Crippen molar-refractivity contribution in [2.24, 2.45) is 0 Å². The molecule has 0 radical (unpaired) electrons. The van der Waals surface area contributed by atoms with E-state index in [1.165, 1.54) is 5.56 Å². The lowest BCUT2D eigenvalue weighted by molar-refractivity contribution is 0.539. The topological polar surface area (TPSA) is 37.8 Å². The first-order chi connectivity index (χ1) is 8.74. The summed E-state index contributed by atoms with van der Waals surface area (Å²) in [6.45, 7) is 2.92. The van der Waals surface area contributed by atoms with E-state index in [-0.39, 0.29) is 0 Å². The van der Waals surface area contributed by atoms with Crippen molar-refractivity contribution in [3.05, 3.63) is 59.1 Å². The van der Waals surface area contributed by atoms with Crippen LogP contribution >= 0.6 is 11.6 Å². The minimum Gasteiger partial charge on any atom is -0.308 e. The van der Waals surface area contributed by atoms with Crippen LogP contribution in [0.4, 0.5) is 0 Å².